The lowest BCUT2D eigenvalue weighted by Gasteiger charge is -2.12. The van der Waals surface area contributed by atoms with E-state index in [1.54, 1.807) is 11.3 Å². The van der Waals surface area contributed by atoms with Crippen molar-refractivity contribution in [3.63, 3.8) is 0 Å². The summed E-state index contributed by atoms with van der Waals surface area (Å²) in [5.74, 6) is 0.103. The van der Waals surface area contributed by atoms with Gasteiger partial charge in [0, 0.05) is 30.4 Å². The van der Waals surface area contributed by atoms with E-state index in [1.807, 2.05) is 60.7 Å². The first-order valence-electron chi connectivity index (χ1n) is 8.02. The van der Waals surface area contributed by atoms with Gasteiger partial charge in [0.1, 0.15) is 4.88 Å². The number of ketones is 1. The minimum absolute atomic E-state index is 0.103. The molecule has 0 bridgehead atoms. The van der Waals surface area contributed by atoms with Crippen LogP contribution >= 0.6 is 11.3 Å². The molecule has 120 valence electrons. The van der Waals surface area contributed by atoms with Crippen LogP contribution in [0.3, 0.4) is 0 Å². The van der Waals surface area contributed by atoms with Crippen LogP contribution in [-0.4, -0.2) is 19.4 Å². The van der Waals surface area contributed by atoms with Crippen molar-refractivity contribution in [1.82, 2.24) is 0 Å². The van der Waals surface area contributed by atoms with Crippen LogP contribution in [0.1, 0.15) is 20.8 Å². The Morgan fingerprint density at radius 1 is 1.04 bits per heavy atom. The highest BCUT2D eigenvalue weighted by Crippen LogP contribution is 2.45. The summed E-state index contributed by atoms with van der Waals surface area (Å²) in [5, 5.41) is 4.57. The van der Waals surface area contributed by atoms with Crippen molar-refractivity contribution in [2.75, 3.05) is 23.8 Å². The molecule has 1 aromatic heterocycles. The largest absolute Gasteiger partial charge is 0.373 e. The number of nitrogens with one attached hydrogen (secondary N) is 1. The Bertz CT molecular complexity index is 871. The molecule has 0 saturated carbocycles. The van der Waals surface area contributed by atoms with Gasteiger partial charge in [-0.15, -0.1) is 11.3 Å². The number of hydrogen-bond acceptors (Lipinski definition) is 4. The molecule has 0 amide bonds. The topological polar surface area (TPSA) is 32.3 Å². The highest BCUT2D eigenvalue weighted by molar-refractivity contribution is 7.19. The third kappa shape index (κ3) is 2.59. The number of hydrogen-bond donors (Lipinski definition) is 1. The molecule has 3 aromatic rings. The number of rotatable bonds is 4. The van der Waals surface area contributed by atoms with Crippen LogP contribution in [0.25, 0.3) is 0 Å². The molecule has 0 aliphatic carbocycles. The Kier molecular flexibility index (Phi) is 3.82. The summed E-state index contributed by atoms with van der Waals surface area (Å²) in [7, 11) is 2.06. The fourth-order valence-electron chi connectivity index (χ4n) is 3.11. The highest BCUT2D eigenvalue weighted by Gasteiger charge is 2.29. The van der Waals surface area contributed by atoms with Gasteiger partial charge in [0.25, 0.3) is 0 Å². The lowest BCUT2D eigenvalue weighted by Crippen LogP contribution is -2.15. The van der Waals surface area contributed by atoms with Crippen LogP contribution < -0.4 is 10.2 Å². The Labute approximate surface area is 145 Å². The number of nitrogens with zero attached hydrogens (tertiary/aromatic N) is 1. The second-order valence-electron chi connectivity index (χ2n) is 5.95. The minimum atomic E-state index is 0.103. The van der Waals surface area contributed by atoms with Gasteiger partial charge in [-0.25, -0.2) is 0 Å². The molecule has 0 radical (unpaired) electrons. The van der Waals surface area contributed by atoms with Crippen LogP contribution in [0.5, 0.6) is 0 Å². The SMILES string of the molecule is CN1CCc2c(Nc3ccccc3)sc(C(=O)c3ccccc3)c21. The first kappa shape index (κ1) is 15.0. The van der Waals surface area contributed by atoms with E-state index in [2.05, 4.69) is 17.3 Å². The normalized spacial score (nSPS) is 13.0. The van der Waals surface area contributed by atoms with Gasteiger partial charge in [0.15, 0.2) is 0 Å². The molecule has 1 aliphatic heterocycles. The summed E-state index contributed by atoms with van der Waals surface area (Å²) in [6, 6.07) is 19.6. The molecule has 0 saturated heterocycles. The molecular weight excluding hydrogens is 316 g/mol. The second-order valence-corrected chi connectivity index (χ2v) is 6.97. The predicted octanol–water partition coefficient (Wildman–Crippen LogP) is 4.72. The molecule has 3 nitrogen and oxygen atoms in total. The molecule has 0 unspecified atom stereocenters. The van der Waals surface area contributed by atoms with Crippen molar-refractivity contribution < 1.29 is 4.79 Å². The quantitative estimate of drug-likeness (QED) is 0.701. The molecule has 0 atom stereocenters. The van der Waals surface area contributed by atoms with E-state index in [0.29, 0.717) is 0 Å². The zero-order chi connectivity index (χ0) is 16.5. The summed E-state index contributed by atoms with van der Waals surface area (Å²) in [5.41, 5.74) is 4.14. The van der Waals surface area contributed by atoms with Crippen LogP contribution in [-0.2, 0) is 6.42 Å². The maximum Gasteiger partial charge on any atom is 0.205 e. The Balaban J connectivity index is 1.76. The number of para-hydroxylation sites is 1. The Morgan fingerprint density at radius 3 is 2.42 bits per heavy atom. The number of carbonyl (C=O) groups excluding carboxylic acids is 1. The van der Waals surface area contributed by atoms with Crippen molar-refractivity contribution in [1.29, 1.82) is 0 Å². The van der Waals surface area contributed by atoms with E-state index in [4.69, 9.17) is 0 Å². The van der Waals surface area contributed by atoms with Gasteiger partial charge in [-0.1, -0.05) is 48.5 Å². The molecule has 24 heavy (non-hydrogen) atoms. The van der Waals surface area contributed by atoms with Crippen molar-refractivity contribution in [3.05, 3.63) is 76.7 Å². The molecule has 0 spiro atoms. The summed E-state index contributed by atoms with van der Waals surface area (Å²) < 4.78 is 0. The van der Waals surface area contributed by atoms with Crippen LogP contribution in [0.2, 0.25) is 0 Å². The average molecular weight is 334 g/mol. The molecule has 2 heterocycles. The zero-order valence-corrected chi connectivity index (χ0v) is 14.3. The predicted molar refractivity (Wildman–Crippen MR) is 101 cm³/mol. The summed E-state index contributed by atoms with van der Waals surface area (Å²) in [6.45, 7) is 0.955. The summed E-state index contributed by atoms with van der Waals surface area (Å²) >= 11 is 1.56. The van der Waals surface area contributed by atoms with Gasteiger partial charge >= 0.3 is 0 Å². The van der Waals surface area contributed by atoms with E-state index >= 15 is 0 Å². The van der Waals surface area contributed by atoms with Crippen LogP contribution in [0, 0.1) is 0 Å². The zero-order valence-electron chi connectivity index (χ0n) is 13.5. The summed E-state index contributed by atoms with van der Waals surface area (Å²) in [6.07, 6.45) is 0.972. The number of thiophene rings is 1. The van der Waals surface area contributed by atoms with Gasteiger partial charge in [-0.05, 0) is 18.6 Å². The fourth-order valence-corrected chi connectivity index (χ4v) is 4.39. The van der Waals surface area contributed by atoms with Crippen molar-refractivity contribution in [2.24, 2.45) is 0 Å². The van der Waals surface area contributed by atoms with Crippen molar-refractivity contribution >= 4 is 33.5 Å². The number of anilines is 3. The molecule has 1 N–H and O–H groups in total. The van der Waals surface area contributed by atoms with E-state index < -0.39 is 0 Å². The maximum absolute atomic E-state index is 13.0. The maximum atomic E-state index is 13.0. The highest BCUT2D eigenvalue weighted by atomic mass is 32.1. The smallest absolute Gasteiger partial charge is 0.205 e. The Hall–Kier alpha value is -2.59. The first-order chi connectivity index (χ1) is 11.7. The molecule has 1 aliphatic rings. The third-order valence-electron chi connectivity index (χ3n) is 4.33. The molecule has 2 aromatic carbocycles. The standard InChI is InChI=1S/C20H18N2OS/c1-22-13-12-16-17(22)19(18(23)14-8-4-2-5-9-14)24-20(16)21-15-10-6-3-7-11-15/h2-11,21H,12-13H2,1H3. The number of carbonyl (C=O) groups is 1. The van der Waals surface area contributed by atoms with Crippen LogP contribution in [0.4, 0.5) is 16.4 Å². The average Bonchev–Trinajstić information content (AvgIpc) is 3.18. The van der Waals surface area contributed by atoms with Gasteiger partial charge in [0.05, 0.1) is 10.7 Å². The van der Waals surface area contributed by atoms with E-state index in [1.165, 1.54) is 5.56 Å². The molecule has 0 fully saturated rings. The lowest BCUT2D eigenvalue weighted by molar-refractivity contribution is 0.104. The minimum Gasteiger partial charge on any atom is -0.373 e. The second kappa shape index (κ2) is 6.13. The van der Waals surface area contributed by atoms with E-state index in [0.717, 1.165) is 39.8 Å². The molecular formula is C20H18N2OS. The molecule has 4 rings (SSSR count). The van der Waals surface area contributed by atoms with Gasteiger partial charge < -0.3 is 10.2 Å². The number of likely N-dealkylation sites (N-methyl/N-ethyl adjacent to an activating group) is 1. The number of benzene rings is 2. The summed E-state index contributed by atoms with van der Waals surface area (Å²) in [4.78, 5) is 16.0. The van der Waals surface area contributed by atoms with Gasteiger partial charge in [0.2, 0.25) is 5.78 Å². The monoisotopic (exact) mass is 334 g/mol. The van der Waals surface area contributed by atoms with Crippen molar-refractivity contribution in [3.8, 4) is 0 Å². The van der Waals surface area contributed by atoms with Gasteiger partial charge in [-0.3, -0.25) is 4.79 Å². The van der Waals surface area contributed by atoms with E-state index in [-0.39, 0.29) is 5.78 Å². The third-order valence-corrected chi connectivity index (χ3v) is 5.47. The number of fused-ring (bicyclic) bond motifs is 1. The first-order valence-corrected chi connectivity index (χ1v) is 8.84. The lowest BCUT2D eigenvalue weighted by atomic mass is 10.1. The van der Waals surface area contributed by atoms with Gasteiger partial charge in [-0.2, -0.15) is 0 Å². The van der Waals surface area contributed by atoms with E-state index in [9.17, 15) is 4.79 Å². The van der Waals surface area contributed by atoms with Crippen molar-refractivity contribution in [2.45, 2.75) is 6.42 Å². The van der Waals surface area contributed by atoms with Crippen LogP contribution in [0.15, 0.2) is 60.7 Å². The molecule has 4 heteroatoms. The fraction of sp³-hybridized carbons (Fsp3) is 0.150. The Morgan fingerprint density at radius 2 is 1.71 bits per heavy atom.